The zero-order valence-corrected chi connectivity index (χ0v) is 14.6. The minimum absolute atomic E-state index is 0.0654. The molecule has 0 aliphatic carbocycles. The number of thiophene rings is 1. The topological polar surface area (TPSA) is 9.23 Å². The van der Waals surface area contributed by atoms with Crippen LogP contribution in [0.3, 0.4) is 0 Å². The van der Waals surface area contributed by atoms with Crippen molar-refractivity contribution in [2.75, 3.05) is 7.11 Å². The van der Waals surface area contributed by atoms with E-state index >= 15 is 0 Å². The van der Waals surface area contributed by atoms with Crippen LogP contribution in [0.2, 0.25) is 0 Å². The second-order valence-electron chi connectivity index (χ2n) is 4.79. The first-order valence-corrected chi connectivity index (χ1v) is 8.73. The fourth-order valence-electron chi connectivity index (χ4n) is 2.46. The van der Waals surface area contributed by atoms with E-state index < -0.39 is 0 Å². The summed E-state index contributed by atoms with van der Waals surface area (Å²) in [7, 11) is 1.69. The molecule has 0 aliphatic heterocycles. The highest BCUT2D eigenvalue weighted by molar-refractivity contribution is 9.10. The summed E-state index contributed by atoms with van der Waals surface area (Å²) < 4.78 is 7.78. The lowest BCUT2D eigenvalue weighted by Gasteiger charge is -2.12. The number of hydrogen-bond acceptors (Lipinski definition) is 2. The Bertz CT molecular complexity index is 768. The standard InChI is InChI=1S/C17H14BrClOS/c1-20-16-8-3-2-5-11(16)9-15(19)13-10-21-17-12(13)6-4-7-14(17)18/h2-8,10,15H,9H2,1H3. The van der Waals surface area contributed by atoms with E-state index in [1.165, 1.54) is 15.6 Å². The van der Waals surface area contributed by atoms with Crippen LogP contribution in [-0.4, -0.2) is 7.11 Å². The molecular weight excluding hydrogens is 368 g/mol. The Morgan fingerprint density at radius 3 is 2.81 bits per heavy atom. The van der Waals surface area contributed by atoms with Crippen LogP contribution in [0.1, 0.15) is 16.5 Å². The Kier molecular flexibility index (Phi) is 4.53. The maximum atomic E-state index is 6.68. The van der Waals surface area contributed by atoms with Crippen LogP contribution in [0.4, 0.5) is 0 Å². The highest BCUT2D eigenvalue weighted by atomic mass is 79.9. The summed E-state index contributed by atoms with van der Waals surface area (Å²) in [6.45, 7) is 0. The Balaban J connectivity index is 1.94. The van der Waals surface area contributed by atoms with Gasteiger partial charge in [-0.3, -0.25) is 0 Å². The molecule has 1 unspecified atom stereocenters. The largest absolute Gasteiger partial charge is 0.496 e. The summed E-state index contributed by atoms with van der Waals surface area (Å²) in [4.78, 5) is 0. The van der Waals surface area contributed by atoms with Crippen molar-refractivity contribution in [2.24, 2.45) is 0 Å². The molecule has 0 spiro atoms. The van der Waals surface area contributed by atoms with Crippen molar-refractivity contribution in [1.29, 1.82) is 0 Å². The van der Waals surface area contributed by atoms with Crippen LogP contribution >= 0.6 is 38.9 Å². The molecule has 21 heavy (non-hydrogen) atoms. The van der Waals surface area contributed by atoms with Gasteiger partial charge in [0.05, 0.1) is 12.5 Å². The van der Waals surface area contributed by atoms with Gasteiger partial charge < -0.3 is 4.74 Å². The number of hydrogen-bond donors (Lipinski definition) is 0. The number of benzene rings is 2. The Hall–Kier alpha value is -1.03. The molecule has 0 bridgehead atoms. The number of fused-ring (bicyclic) bond motifs is 1. The minimum Gasteiger partial charge on any atom is -0.496 e. The smallest absolute Gasteiger partial charge is 0.122 e. The molecule has 2 aromatic carbocycles. The van der Waals surface area contributed by atoms with Crippen LogP contribution in [0.5, 0.6) is 5.75 Å². The number of ether oxygens (including phenoxy) is 1. The highest BCUT2D eigenvalue weighted by Crippen LogP contribution is 2.39. The van der Waals surface area contributed by atoms with Crippen LogP contribution in [0.15, 0.2) is 52.3 Å². The molecule has 0 fully saturated rings. The van der Waals surface area contributed by atoms with Crippen molar-refractivity contribution in [2.45, 2.75) is 11.8 Å². The molecular formula is C17H14BrClOS. The summed E-state index contributed by atoms with van der Waals surface area (Å²) in [6, 6.07) is 14.3. The van der Waals surface area contributed by atoms with E-state index in [0.29, 0.717) is 0 Å². The number of methoxy groups -OCH3 is 1. The van der Waals surface area contributed by atoms with Crippen molar-refractivity contribution < 1.29 is 4.74 Å². The van der Waals surface area contributed by atoms with Gasteiger partial charge in [-0.15, -0.1) is 22.9 Å². The molecule has 3 rings (SSSR count). The zero-order chi connectivity index (χ0) is 14.8. The van der Waals surface area contributed by atoms with Gasteiger partial charge in [0.1, 0.15) is 5.75 Å². The van der Waals surface area contributed by atoms with Gasteiger partial charge in [-0.25, -0.2) is 0 Å². The van der Waals surface area contributed by atoms with Crippen LogP contribution in [0.25, 0.3) is 10.1 Å². The number of rotatable bonds is 4. The third-order valence-corrected chi connectivity index (χ3v) is 5.87. The van der Waals surface area contributed by atoms with Gasteiger partial charge in [0.15, 0.2) is 0 Å². The van der Waals surface area contributed by atoms with Gasteiger partial charge in [-0.1, -0.05) is 30.3 Å². The highest BCUT2D eigenvalue weighted by Gasteiger charge is 2.16. The monoisotopic (exact) mass is 380 g/mol. The molecule has 1 aromatic heterocycles. The molecule has 0 N–H and O–H groups in total. The Labute approximate surface area is 141 Å². The van der Waals surface area contributed by atoms with Crippen molar-refractivity contribution >= 4 is 49.0 Å². The van der Waals surface area contributed by atoms with E-state index in [4.69, 9.17) is 16.3 Å². The van der Waals surface area contributed by atoms with Crippen LogP contribution < -0.4 is 4.74 Å². The van der Waals surface area contributed by atoms with Gasteiger partial charge in [-0.05, 0) is 56.4 Å². The zero-order valence-electron chi connectivity index (χ0n) is 11.5. The summed E-state index contributed by atoms with van der Waals surface area (Å²) in [6.07, 6.45) is 0.754. The van der Waals surface area contributed by atoms with Gasteiger partial charge in [-0.2, -0.15) is 0 Å². The second kappa shape index (κ2) is 6.39. The molecule has 4 heteroatoms. The molecule has 0 aliphatic rings. The molecule has 3 aromatic rings. The van der Waals surface area contributed by atoms with Crippen LogP contribution in [-0.2, 0) is 6.42 Å². The predicted octanol–water partition coefficient (Wildman–Crippen LogP) is 6.20. The first-order chi connectivity index (χ1) is 10.2. The van der Waals surface area contributed by atoms with E-state index in [2.05, 4.69) is 45.6 Å². The maximum absolute atomic E-state index is 6.68. The number of para-hydroxylation sites is 1. The summed E-state index contributed by atoms with van der Waals surface area (Å²) >= 11 is 12.0. The van der Waals surface area contributed by atoms with Crippen molar-refractivity contribution in [3.8, 4) is 5.75 Å². The fourth-order valence-corrected chi connectivity index (χ4v) is 4.56. The molecule has 1 nitrogen and oxygen atoms in total. The Morgan fingerprint density at radius 2 is 2.00 bits per heavy atom. The first-order valence-electron chi connectivity index (χ1n) is 6.62. The van der Waals surface area contributed by atoms with E-state index in [0.717, 1.165) is 22.2 Å². The van der Waals surface area contributed by atoms with Gasteiger partial charge in [0.2, 0.25) is 0 Å². The lowest BCUT2D eigenvalue weighted by molar-refractivity contribution is 0.409. The molecule has 1 atom stereocenters. The minimum atomic E-state index is -0.0654. The predicted molar refractivity (Wildman–Crippen MR) is 94.8 cm³/mol. The SMILES string of the molecule is COc1ccccc1CC(Cl)c1csc2c(Br)cccc12. The first kappa shape index (κ1) is 14.9. The summed E-state index contributed by atoms with van der Waals surface area (Å²) in [5, 5.41) is 3.32. The average molecular weight is 382 g/mol. The van der Waals surface area contributed by atoms with Gasteiger partial charge in [0, 0.05) is 9.17 Å². The summed E-state index contributed by atoms with van der Waals surface area (Å²) in [5.41, 5.74) is 2.32. The van der Waals surface area contributed by atoms with Crippen molar-refractivity contribution in [3.05, 3.63) is 63.4 Å². The van der Waals surface area contributed by atoms with E-state index in [1.54, 1.807) is 18.4 Å². The third kappa shape index (κ3) is 2.96. The molecule has 0 amide bonds. The number of halogens is 2. The van der Waals surface area contributed by atoms with Gasteiger partial charge >= 0.3 is 0 Å². The number of alkyl halides is 1. The van der Waals surface area contributed by atoms with E-state index in [1.807, 2.05) is 18.2 Å². The van der Waals surface area contributed by atoms with Crippen LogP contribution in [0, 0.1) is 0 Å². The maximum Gasteiger partial charge on any atom is 0.122 e. The normalized spacial score (nSPS) is 12.5. The van der Waals surface area contributed by atoms with E-state index in [9.17, 15) is 0 Å². The van der Waals surface area contributed by atoms with Crippen molar-refractivity contribution in [3.63, 3.8) is 0 Å². The molecule has 0 saturated carbocycles. The quantitative estimate of drug-likeness (QED) is 0.489. The molecule has 0 radical (unpaired) electrons. The summed E-state index contributed by atoms with van der Waals surface area (Å²) in [5.74, 6) is 0.892. The fraction of sp³-hybridized carbons (Fsp3) is 0.176. The lowest BCUT2D eigenvalue weighted by atomic mass is 10.0. The third-order valence-electron chi connectivity index (χ3n) is 3.51. The second-order valence-corrected chi connectivity index (χ2v) is 7.05. The lowest BCUT2D eigenvalue weighted by Crippen LogP contribution is -1.98. The molecule has 1 heterocycles. The Morgan fingerprint density at radius 1 is 1.19 bits per heavy atom. The van der Waals surface area contributed by atoms with E-state index in [-0.39, 0.29) is 5.38 Å². The van der Waals surface area contributed by atoms with Gasteiger partial charge in [0.25, 0.3) is 0 Å². The molecule has 108 valence electrons. The average Bonchev–Trinajstić information content (AvgIpc) is 2.93. The molecule has 0 saturated heterocycles. The van der Waals surface area contributed by atoms with Crippen molar-refractivity contribution in [1.82, 2.24) is 0 Å².